The van der Waals surface area contributed by atoms with Gasteiger partial charge in [-0.05, 0) is 43.0 Å². The first-order chi connectivity index (χ1) is 14.3. The van der Waals surface area contributed by atoms with E-state index in [1.54, 1.807) is 49.6 Å². The lowest BCUT2D eigenvalue weighted by Gasteiger charge is -2.08. The zero-order chi connectivity index (χ0) is 21.8. The van der Waals surface area contributed by atoms with Gasteiger partial charge >= 0.3 is 5.97 Å². The lowest BCUT2D eigenvalue weighted by atomic mass is 10.1. The summed E-state index contributed by atoms with van der Waals surface area (Å²) in [5.41, 5.74) is 0.883. The summed E-state index contributed by atoms with van der Waals surface area (Å²) in [7, 11) is 0. The highest BCUT2D eigenvalue weighted by molar-refractivity contribution is 7.19. The Balaban J connectivity index is 1.96. The molecule has 10 heteroatoms. The number of anilines is 2. The summed E-state index contributed by atoms with van der Waals surface area (Å²) in [6, 6.07) is 8.29. The Morgan fingerprint density at radius 1 is 1.07 bits per heavy atom. The standard InChI is InChI=1S/C20H16Cl2N2O4S2/c1-3-28-20(27)14-10(2)16(18(26)23-12-7-4-6-11(21)15(12)22)30-19(14)24-17(25)13-8-5-9-29-13/h4-9H,3H2,1-2H3,(H,23,26)(H,24,25). The summed E-state index contributed by atoms with van der Waals surface area (Å²) in [4.78, 5) is 38.6. The molecular formula is C20H16Cl2N2O4S2. The van der Waals surface area contributed by atoms with E-state index in [1.165, 1.54) is 11.3 Å². The summed E-state index contributed by atoms with van der Waals surface area (Å²) in [6.07, 6.45) is 0. The van der Waals surface area contributed by atoms with Gasteiger partial charge in [0.05, 0.1) is 37.7 Å². The van der Waals surface area contributed by atoms with Crippen molar-refractivity contribution in [1.29, 1.82) is 0 Å². The minimum atomic E-state index is -0.618. The lowest BCUT2D eigenvalue weighted by Crippen LogP contribution is -2.14. The van der Waals surface area contributed by atoms with E-state index in [0.717, 1.165) is 11.3 Å². The number of carbonyl (C=O) groups excluding carboxylic acids is 3. The van der Waals surface area contributed by atoms with E-state index in [0.29, 0.717) is 21.2 Å². The molecule has 1 aromatic carbocycles. The topological polar surface area (TPSA) is 84.5 Å². The van der Waals surface area contributed by atoms with Gasteiger partial charge in [0.15, 0.2) is 0 Å². The summed E-state index contributed by atoms with van der Waals surface area (Å²) in [5, 5.41) is 7.93. The van der Waals surface area contributed by atoms with Crippen LogP contribution in [0.15, 0.2) is 35.7 Å². The first kappa shape index (κ1) is 22.3. The minimum absolute atomic E-state index is 0.147. The van der Waals surface area contributed by atoms with Crippen molar-refractivity contribution in [1.82, 2.24) is 0 Å². The van der Waals surface area contributed by atoms with Crippen molar-refractivity contribution in [2.75, 3.05) is 17.2 Å². The highest BCUT2D eigenvalue weighted by atomic mass is 35.5. The number of hydrogen-bond donors (Lipinski definition) is 2. The second-order valence-corrected chi connectivity index (χ2v) is 8.72. The van der Waals surface area contributed by atoms with Crippen LogP contribution in [-0.2, 0) is 4.74 Å². The second kappa shape index (κ2) is 9.61. The maximum absolute atomic E-state index is 12.9. The van der Waals surface area contributed by atoms with E-state index < -0.39 is 11.9 Å². The van der Waals surface area contributed by atoms with Gasteiger partial charge in [-0.1, -0.05) is 35.3 Å². The molecule has 0 aliphatic heterocycles. The van der Waals surface area contributed by atoms with Crippen LogP contribution in [0, 0.1) is 6.92 Å². The summed E-state index contributed by atoms with van der Waals surface area (Å²) >= 11 is 14.4. The molecule has 2 heterocycles. The van der Waals surface area contributed by atoms with Crippen LogP contribution < -0.4 is 10.6 Å². The molecule has 156 valence electrons. The number of halogens is 2. The fourth-order valence-electron chi connectivity index (χ4n) is 2.62. The van der Waals surface area contributed by atoms with Crippen LogP contribution >= 0.6 is 45.9 Å². The molecule has 0 saturated heterocycles. The molecule has 0 spiro atoms. The molecule has 0 saturated carbocycles. The second-order valence-electron chi connectivity index (χ2n) is 5.97. The molecule has 0 unspecified atom stereocenters. The van der Waals surface area contributed by atoms with Crippen LogP contribution in [0.25, 0.3) is 0 Å². The monoisotopic (exact) mass is 482 g/mol. The number of thiophene rings is 2. The van der Waals surface area contributed by atoms with Gasteiger partial charge in [0.1, 0.15) is 5.00 Å². The van der Waals surface area contributed by atoms with Gasteiger partial charge in [-0.2, -0.15) is 0 Å². The van der Waals surface area contributed by atoms with Gasteiger partial charge in [0.25, 0.3) is 11.8 Å². The first-order valence-electron chi connectivity index (χ1n) is 8.74. The Morgan fingerprint density at radius 2 is 1.83 bits per heavy atom. The Hall–Kier alpha value is -2.39. The average Bonchev–Trinajstić information content (AvgIpc) is 3.34. The Labute approximate surface area is 190 Å². The van der Waals surface area contributed by atoms with Crippen molar-refractivity contribution in [3.63, 3.8) is 0 Å². The molecule has 6 nitrogen and oxygen atoms in total. The zero-order valence-electron chi connectivity index (χ0n) is 15.9. The van der Waals surface area contributed by atoms with E-state index in [-0.39, 0.29) is 33.0 Å². The Kier molecular flexibility index (Phi) is 7.14. The average molecular weight is 483 g/mol. The Morgan fingerprint density at radius 3 is 2.50 bits per heavy atom. The smallest absolute Gasteiger partial charge is 0.341 e. The van der Waals surface area contributed by atoms with Crippen LogP contribution in [0.2, 0.25) is 10.0 Å². The van der Waals surface area contributed by atoms with E-state index in [9.17, 15) is 14.4 Å². The minimum Gasteiger partial charge on any atom is -0.462 e. The maximum atomic E-state index is 12.9. The molecule has 2 amide bonds. The van der Waals surface area contributed by atoms with Crippen LogP contribution in [-0.4, -0.2) is 24.4 Å². The van der Waals surface area contributed by atoms with Gasteiger partial charge in [-0.15, -0.1) is 22.7 Å². The lowest BCUT2D eigenvalue weighted by molar-refractivity contribution is 0.0527. The third-order valence-electron chi connectivity index (χ3n) is 4.00. The summed E-state index contributed by atoms with van der Waals surface area (Å²) in [6.45, 7) is 3.46. The van der Waals surface area contributed by atoms with E-state index in [4.69, 9.17) is 27.9 Å². The molecule has 0 radical (unpaired) electrons. The predicted octanol–water partition coefficient (Wildman–Crippen LogP) is 6.11. The molecule has 3 rings (SSSR count). The fourth-order valence-corrected chi connectivity index (χ4v) is 4.67. The Bertz CT molecular complexity index is 1110. The summed E-state index contributed by atoms with van der Waals surface area (Å²) in [5.74, 6) is -1.47. The van der Waals surface area contributed by atoms with Crippen LogP contribution in [0.5, 0.6) is 0 Å². The van der Waals surface area contributed by atoms with Gasteiger partial charge in [0, 0.05) is 0 Å². The molecule has 2 aromatic heterocycles. The first-order valence-corrected chi connectivity index (χ1v) is 11.2. The summed E-state index contributed by atoms with van der Waals surface area (Å²) < 4.78 is 5.12. The number of carbonyl (C=O) groups is 3. The highest BCUT2D eigenvalue weighted by Crippen LogP contribution is 2.36. The quantitative estimate of drug-likeness (QED) is 0.415. The van der Waals surface area contributed by atoms with Gasteiger partial charge in [-0.25, -0.2) is 4.79 Å². The molecule has 0 bridgehead atoms. The number of hydrogen-bond acceptors (Lipinski definition) is 6. The van der Waals surface area contributed by atoms with E-state index >= 15 is 0 Å². The van der Waals surface area contributed by atoms with Crippen molar-refractivity contribution in [2.45, 2.75) is 13.8 Å². The number of ether oxygens (including phenoxy) is 1. The van der Waals surface area contributed by atoms with Crippen LogP contribution in [0.3, 0.4) is 0 Å². The van der Waals surface area contributed by atoms with Crippen LogP contribution in [0.4, 0.5) is 10.7 Å². The van der Waals surface area contributed by atoms with E-state index in [1.807, 2.05) is 0 Å². The molecule has 2 N–H and O–H groups in total. The van der Waals surface area contributed by atoms with Gasteiger partial charge in [0.2, 0.25) is 0 Å². The molecule has 30 heavy (non-hydrogen) atoms. The van der Waals surface area contributed by atoms with Gasteiger partial charge < -0.3 is 15.4 Å². The predicted molar refractivity (Wildman–Crippen MR) is 122 cm³/mol. The molecule has 0 fully saturated rings. The zero-order valence-corrected chi connectivity index (χ0v) is 19.0. The van der Waals surface area contributed by atoms with E-state index in [2.05, 4.69) is 10.6 Å². The number of benzene rings is 1. The number of esters is 1. The SMILES string of the molecule is CCOC(=O)c1c(NC(=O)c2cccs2)sc(C(=O)Nc2cccc(Cl)c2Cl)c1C. The molecule has 0 aliphatic rings. The van der Waals surface area contributed by atoms with Gasteiger partial charge in [-0.3, -0.25) is 9.59 Å². The molecule has 0 aliphatic carbocycles. The maximum Gasteiger partial charge on any atom is 0.341 e. The largest absolute Gasteiger partial charge is 0.462 e. The molecule has 3 aromatic rings. The van der Waals surface area contributed by atoms with Crippen molar-refractivity contribution < 1.29 is 19.1 Å². The normalized spacial score (nSPS) is 10.5. The van der Waals surface area contributed by atoms with Crippen molar-refractivity contribution in [3.8, 4) is 0 Å². The third-order valence-corrected chi connectivity index (χ3v) is 6.90. The number of amides is 2. The van der Waals surface area contributed by atoms with Crippen LogP contribution in [0.1, 0.15) is 42.2 Å². The van der Waals surface area contributed by atoms with Crippen molar-refractivity contribution >= 4 is 74.3 Å². The third kappa shape index (κ3) is 4.67. The highest BCUT2D eigenvalue weighted by Gasteiger charge is 2.27. The molecule has 0 atom stereocenters. The van der Waals surface area contributed by atoms with Crippen molar-refractivity contribution in [2.24, 2.45) is 0 Å². The van der Waals surface area contributed by atoms with Crippen molar-refractivity contribution in [3.05, 3.63) is 66.6 Å². The number of nitrogens with one attached hydrogen (secondary N) is 2. The molecular weight excluding hydrogens is 467 g/mol. The number of rotatable bonds is 6. The fraction of sp³-hybridized carbons (Fsp3) is 0.150.